The number of rotatable bonds is 6. The smallest absolute Gasteiger partial charge is 0.312 e. The van der Waals surface area contributed by atoms with Crippen molar-refractivity contribution in [3.05, 3.63) is 58.3 Å². The lowest BCUT2D eigenvalue weighted by molar-refractivity contribution is -0.144. The summed E-state index contributed by atoms with van der Waals surface area (Å²) in [6, 6.07) is 5.67. The number of carbonyl (C=O) groups is 1. The number of hydrogen-bond donors (Lipinski definition) is 0. The molecule has 0 saturated heterocycles. The van der Waals surface area contributed by atoms with Gasteiger partial charge in [0.25, 0.3) is 5.89 Å². The third-order valence-electron chi connectivity index (χ3n) is 3.39. The Morgan fingerprint density at radius 2 is 2.15 bits per heavy atom. The Hall–Kier alpha value is -2.91. The van der Waals surface area contributed by atoms with Crippen molar-refractivity contribution in [3.8, 4) is 22.0 Å². The number of hydrogen-bond acceptors (Lipinski definition) is 9. The highest BCUT2D eigenvalue weighted by Crippen LogP contribution is 2.23. The molecule has 4 aromatic heterocycles. The van der Waals surface area contributed by atoms with Gasteiger partial charge in [-0.1, -0.05) is 5.16 Å². The summed E-state index contributed by atoms with van der Waals surface area (Å²) < 4.78 is 10.3. The molecule has 0 amide bonds. The minimum Gasteiger partial charge on any atom is -0.455 e. The summed E-state index contributed by atoms with van der Waals surface area (Å²) in [4.78, 5) is 24.7. The van der Waals surface area contributed by atoms with Crippen molar-refractivity contribution in [1.82, 2.24) is 20.1 Å². The van der Waals surface area contributed by atoms with Gasteiger partial charge in [0, 0.05) is 34.3 Å². The van der Waals surface area contributed by atoms with E-state index in [9.17, 15) is 4.79 Å². The monoisotopic (exact) mass is 384 g/mol. The lowest BCUT2D eigenvalue weighted by atomic mass is 10.3. The molecule has 0 aliphatic rings. The van der Waals surface area contributed by atoms with E-state index in [1.54, 1.807) is 23.7 Å². The maximum Gasteiger partial charge on any atom is 0.312 e. The predicted octanol–water partition coefficient (Wildman–Crippen LogP) is 3.60. The summed E-state index contributed by atoms with van der Waals surface area (Å²) in [5, 5.41) is 10.4. The maximum atomic E-state index is 12.0. The van der Waals surface area contributed by atoms with Crippen molar-refractivity contribution < 1.29 is 14.1 Å². The van der Waals surface area contributed by atoms with Crippen LogP contribution in [0.5, 0.6) is 0 Å². The van der Waals surface area contributed by atoms with Crippen molar-refractivity contribution in [2.24, 2.45) is 0 Å². The molecule has 0 radical (unpaired) electrons. The van der Waals surface area contributed by atoms with Crippen molar-refractivity contribution in [1.29, 1.82) is 0 Å². The summed E-state index contributed by atoms with van der Waals surface area (Å²) >= 11 is 3.01. The first kappa shape index (κ1) is 16.6. The van der Waals surface area contributed by atoms with Crippen LogP contribution in [0, 0.1) is 0 Å². The number of aromatic nitrogens is 4. The first-order chi connectivity index (χ1) is 12.8. The van der Waals surface area contributed by atoms with E-state index in [-0.39, 0.29) is 18.9 Å². The normalized spacial score (nSPS) is 10.8. The average Bonchev–Trinajstić information content (AvgIpc) is 3.41. The molecule has 0 atom stereocenters. The van der Waals surface area contributed by atoms with Gasteiger partial charge in [0.1, 0.15) is 5.01 Å². The average molecular weight is 384 g/mol. The Morgan fingerprint density at radius 1 is 1.19 bits per heavy atom. The number of thiazole rings is 1. The molecule has 26 heavy (non-hydrogen) atoms. The molecule has 0 N–H and O–H groups in total. The fraction of sp³-hybridized carbons (Fsp3) is 0.118. The van der Waals surface area contributed by atoms with Crippen LogP contribution in [-0.4, -0.2) is 26.1 Å². The van der Waals surface area contributed by atoms with Gasteiger partial charge in [-0.2, -0.15) is 16.3 Å². The van der Waals surface area contributed by atoms with Gasteiger partial charge in [-0.3, -0.25) is 9.78 Å². The van der Waals surface area contributed by atoms with Gasteiger partial charge in [-0.15, -0.1) is 11.3 Å². The fourth-order valence-electron chi connectivity index (χ4n) is 2.17. The summed E-state index contributed by atoms with van der Waals surface area (Å²) in [5.41, 5.74) is 2.45. The van der Waals surface area contributed by atoms with Gasteiger partial charge in [0.05, 0.1) is 12.1 Å². The Bertz CT molecular complexity index is 996. The number of carbonyl (C=O) groups excluding carboxylic acids is 1. The lowest BCUT2D eigenvalue weighted by Gasteiger charge is -1.99. The maximum absolute atomic E-state index is 12.0. The standard InChI is InChI=1S/C17H12N4O3S2/c22-15(6-13-10-26-17(19-13)11-2-1-4-18-7-11)23-8-14-20-16(21-24-14)12-3-5-25-9-12/h1-5,7,9-10H,6,8H2. The molecule has 0 unspecified atom stereocenters. The Morgan fingerprint density at radius 3 is 2.96 bits per heavy atom. The first-order valence-corrected chi connectivity index (χ1v) is 9.46. The molecule has 4 heterocycles. The van der Waals surface area contributed by atoms with Crippen LogP contribution in [0.3, 0.4) is 0 Å². The molecule has 0 aliphatic carbocycles. The molecule has 7 nitrogen and oxygen atoms in total. The van der Waals surface area contributed by atoms with E-state index in [0.29, 0.717) is 11.5 Å². The zero-order valence-corrected chi connectivity index (χ0v) is 15.0. The Kier molecular flexibility index (Phi) is 4.80. The lowest BCUT2D eigenvalue weighted by Crippen LogP contribution is -2.08. The number of pyridine rings is 1. The van der Waals surface area contributed by atoms with Gasteiger partial charge >= 0.3 is 5.97 Å². The summed E-state index contributed by atoms with van der Waals surface area (Å²) in [6.07, 6.45) is 3.53. The van der Waals surface area contributed by atoms with Gasteiger partial charge in [-0.25, -0.2) is 4.98 Å². The van der Waals surface area contributed by atoms with Crippen LogP contribution in [0.15, 0.2) is 51.3 Å². The molecule has 9 heteroatoms. The number of esters is 1. The zero-order valence-electron chi connectivity index (χ0n) is 13.4. The third kappa shape index (κ3) is 3.84. The molecular formula is C17H12N4O3S2. The summed E-state index contributed by atoms with van der Waals surface area (Å²) in [6.45, 7) is -0.0600. The van der Waals surface area contributed by atoms with Crippen LogP contribution < -0.4 is 0 Å². The Balaban J connectivity index is 1.33. The number of ether oxygens (including phenoxy) is 1. The molecule has 0 spiro atoms. The molecular weight excluding hydrogens is 372 g/mol. The largest absolute Gasteiger partial charge is 0.455 e. The van der Waals surface area contributed by atoms with Gasteiger partial charge in [-0.05, 0) is 23.6 Å². The fourth-order valence-corrected chi connectivity index (χ4v) is 3.62. The molecule has 0 bridgehead atoms. The highest BCUT2D eigenvalue weighted by atomic mass is 32.1. The SMILES string of the molecule is O=C(Cc1csc(-c2cccnc2)n1)OCc1nc(-c2ccsc2)no1. The van der Waals surface area contributed by atoms with E-state index >= 15 is 0 Å². The Labute approximate surface area is 156 Å². The van der Waals surface area contributed by atoms with Crippen LogP contribution in [0.4, 0.5) is 0 Å². The van der Waals surface area contributed by atoms with E-state index in [1.165, 1.54) is 11.3 Å². The third-order valence-corrected chi connectivity index (χ3v) is 5.01. The minimum absolute atomic E-state index is 0.0600. The van der Waals surface area contributed by atoms with Crippen molar-refractivity contribution in [2.75, 3.05) is 0 Å². The molecule has 4 rings (SSSR count). The minimum atomic E-state index is -0.400. The van der Waals surface area contributed by atoms with Crippen LogP contribution in [0.2, 0.25) is 0 Å². The van der Waals surface area contributed by atoms with E-state index in [4.69, 9.17) is 9.26 Å². The van der Waals surface area contributed by atoms with Crippen LogP contribution >= 0.6 is 22.7 Å². The summed E-state index contributed by atoms with van der Waals surface area (Å²) in [5.74, 6) is 0.343. The number of thiophene rings is 1. The van der Waals surface area contributed by atoms with E-state index < -0.39 is 5.97 Å². The second-order valence-corrected chi connectivity index (χ2v) is 6.89. The van der Waals surface area contributed by atoms with E-state index in [0.717, 1.165) is 16.1 Å². The van der Waals surface area contributed by atoms with E-state index in [2.05, 4.69) is 20.1 Å². The van der Waals surface area contributed by atoms with Crippen molar-refractivity contribution in [2.45, 2.75) is 13.0 Å². The topological polar surface area (TPSA) is 91.0 Å². The molecule has 0 aliphatic heterocycles. The van der Waals surface area contributed by atoms with E-state index in [1.807, 2.05) is 34.3 Å². The highest BCUT2D eigenvalue weighted by Gasteiger charge is 2.13. The highest BCUT2D eigenvalue weighted by molar-refractivity contribution is 7.13. The first-order valence-electron chi connectivity index (χ1n) is 7.63. The molecule has 0 saturated carbocycles. The summed E-state index contributed by atoms with van der Waals surface area (Å²) in [7, 11) is 0. The van der Waals surface area contributed by atoms with Crippen LogP contribution in [0.25, 0.3) is 22.0 Å². The predicted molar refractivity (Wildman–Crippen MR) is 96.5 cm³/mol. The van der Waals surface area contributed by atoms with Gasteiger partial charge < -0.3 is 9.26 Å². The van der Waals surface area contributed by atoms with Gasteiger partial charge in [0.2, 0.25) is 5.82 Å². The second kappa shape index (κ2) is 7.54. The molecule has 130 valence electrons. The van der Waals surface area contributed by atoms with Crippen LogP contribution in [-0.2, 0) is 22.6 Å². The van der Waals surface area contributed by atoms with Gasteiger partial charge in [0.15, 0.2) is 6.61 Å². The molecule has 4 aromatic rings. The second-order valence-electron chi connectivity index (χ2n) is 5.25. The van der Waals surface area contributed by atoms with Crippen molar-refractivity contribution in [3.63, 3.8) is 0 Å². The molecule has 0 aromatic carbocycles. The van der Waals surface area contributed by atoms with Crippen molar-refractivity contribution >= 4 is 28.6 Å². The number of nitrogens with zero attached hydrogens (tertiary/aromatic N) is 4. The quantitative estimate of drug-likeness (QED) is 0.469. The molecule has 0 fully saturated rings. The van der Waals surface area contributed by atoms with Crippen LogP contribution in [0.1, 0.15) is 11.6 Å². The zero-order chi connectivity index (χ0) is 17.8.